The zero-order valence-electron chi connectivity index (χ0n) is 8.79. The fourth-order valence-corrected chi connectivity index (χ4v) is 5.11. The standard InChI is InChI=1S/C12H16BrNS/c13-7-12(5-11-6-15-8-14-11)4-9-1-2-10(12)3-9/h6,8-10H,1-5,7H2. The summed E-state index contributed by atoms with van der Waals surface area (Å²) in [5.41, 5.74) is 3.81. The molecule has 3 heteroatoms. The number of thiazole rings is 1. The summed E-state index contributed by atoms with van der Waals surface area (Å²) in [7, 11) is 0. The van der Waals surface area contributed by atoms with Gasteiger partial charge in [0.1, 0.15) is 0 Å². The maximum Gasteiger partial charge on any atom is 0.0794 e. The summed E-state index contributed by atoms with van der Waals surface area (Å²) in [6.45, 7) is 0. The molecule has 0 aliphatic heterocycles. The number of hydrogen-bond donors (Lipinski definition) is 0. The van der Waals surface area contributed by atoms with Gasteiger partial charge in [-0.1, -0.05) is 22.4 Å². The minimum atomic E-state index is 0.539. The van der Waals surface area contributed by atoms with Crippen LogP contribution in [0.15, 0.2) is 10.9 Å². The van der Waals surface area contributed by atoms with Crippen LogP contribution in [-0.2, 0) is 6.42 Å². The molecule has 15 heavy (non-hydrogen) atoms. The maximum absolute atomic E-state index is 4.45. The summed E-state index contributed by atoms with van der Waals surface area (Å²) in [5, 5.41) is 3.38. The summed E-state index contributed by atoms with van der Waals surface area (Å²) >= 11 is 5.48. The van der Waals surface area contributed by atoms with Gasteiger partial charge in [0.2, 0.25) is 0 Å². The molecule has 0 spiro atoms. The molecule has 3 rings (SSSR count). The van der Waals surface area contributed by atoms with E-state index in [4.69, 9.17) is 0 Å². The van der Waals surface area contributed by atoms with E-state index in [1.807, 2.05) is 5.51 Å². The normalized spacial score (nSPS) is 38.7. The van der Waals surface area contributed by atoms with E-state index >= 15 is 0 Å². The van der Waals surface area contributed by atoms with Gasteiger partial charge in [0.25, 0.3) is 0 Å². The zero-order chi connectivity index (χ0) is 10.3. The third kappa shape index (κ3) is 1.68. The first-order valence-electron chi connectivity index (χ1n) is 5.75. The van der Waals surface area contributed by atoms with Crippen LogP contribution in [0.25, 0.3) is 0 Å². The van der Waals surface area contributed by atoms with Crippen molar-refractivity contribution < 1.29 is 0 Å². The van der Waals surface area contributed by atoms with Gasteiger partial charge in [0.05, 0.1) is 11.2 Å². The Kier molecular flexibility index (Phi) is 2.63. The van der Waals surface area contributed by atoms with Gasteiger partial charge in [-0.05, 0) is 42.9 Å². The van der Waals surface area contributed by atoms with Crippen molar-refractivity contribution in [1.82, 2.24) is 4.98 Å². The van der Waals surface area contributed by atoms with Crippen LogP contribution in [0.2, 0.25) is 0 Å². The van der Waals surface area contributed by atoms with Crippen molar-refractivity contribution in [2.45, 2.75) is 32.1 Å². The molecular weight excluding hydrogens is 270 g/mol. The average Bonchev–Trinajstić information content (AvgIpc) is 2.93. The molecule has 82 valence electrons. The van der Waals surface area contributed by atoms with E-state index in [0.717, 1.165) is 11.8 Å². The molecule has 1 heterocycles. The van der Waals surface area contributed by atoms with E-state index in [0.29, 0.717) is 5.41 Å². The highest BCUT2D eigenvalue weighted by atomic mass is 79.9. The van der Waals surface area contributed by atoms with Gasteiger partial charge in [-0.2, -0.15) is 0 Å². The minimum Gasteiger partial charge on any atom is -0.250 e. The van der Waals surface area contributed by atoms with Crippen LogP contribution < -0.4 is 0 Å². The van der Waals surface area contributed by atoms with Gasteiger partial charge in [-0.25, -0.2) is 4.98 Å². The number of fused-ring (bicyclic) bond motifs is 2. The molecule has 1 aromatic heterocycles. The Labute approximate surface area is 103 Å². The molecular formula is C12H16BrNS. The van der Waals surface area contributed by atoms with Crippen molar-refractivity contribution >= 4 is 27.3 Å². The highest BCUT2D eigenvalue weighted by Gasteiger charge is 2.50. The van der Waals surface area contributed by atoms with Crippen molar-refractivity contribution in [3.8, 4) is 0 Å². The Morgan fingerprint density at radius 1 is 1.53 bits per heavy atom. The van der Waals surface area contributed by atoms with E-state index < -0.39 is 0 Å². The smallest absolute Gasteiger partial charge is 0.0794 e. The summed E-state index contributed by atoms with van der Waals surface area (Å²) in [6.07, 6.45) is 7.05. The van der Waals surface area contributed by atoms with Crippen molar-refractivity contribution in [2.24, 2.45) is 17.3 Å². The van der Waals surface area contributed by atoms with Gasteiger partial charge < -0.3 is 0 Å². The summed E-state index contributed by atoms with van der Waals surface area (Å²) in [6, 6.07) is 0. The quantitative estimate of drug-likeness (QED) is 0.768. The highest BCUT2D eigenvalue weighted by molar-refractivity contribution is 9.09. The Bertz CT molecular complexity index is 337. The first kappa shape index (κ1) is 10.3. The zero-order valence-corrected chi connectivity index (χ0v) is 11.2. The van der Waals surface area contributed by atoms with Gasteiger partial charge >= 0.3 is 0 Å². The summed E-state index contributed by atoms with van der Waals surface area (Å²) in [5.74, 6) is 1.98. The number of halogens is 1. The molecule has 3 unspecified atom stereocenters. The topological polar surface area (TPSA) is 12.9 Å². The van der Waals surface area contributed by atoms with E-state index in [1.165, 1.54) is 43.1 Å². The van der Waals surface area contributed by atoms with Gasteiger partial charge in [0.15, 0.2) is 0 Å². The SMILES string of the molecule is BrCC1(Cc2cscn2)CC2CCC1C2. The molecule has 3 atom stereocenters. The Morgan fingerprint density at radius 2 is 2.47 bits per heavy atom. The molecule has 2 fully saturated rings. The largest absolute Gasteiger partial charge is 0.250 e. The Morgan fingerprint density at radius 3 is 3.00 bits per heavy atom. The average molecular weight is 286 g/mol. The molecule has 1 nitrogen and oxygen atoms in total. The highest BCUT2D eigenvalue weighted by Crippen LogP contribution is 2.57. The molecule has 2 bridgehead atoms. The second kappa shape index (κ2) is 3.85. The third-order valence-electron chi connectivity index (χ3n) is 4.39. The van der Waals surface area contributed by atoms with E-state index in [2.05, 4.69) is 26.3 Å². The second-order valence-corrected chi connectivity index (χ2v) is 6.51. The van der Waals surface area contributed by atoms with E-state index in [9.17, 15) is 0 Å². The monoisotopic (exact) mass is 285 g/mol. The number of alkyl halides is 1. The molecule has 2 saturated carbocycles. The predicted molar refractivity (Wildman–Crippen MR) is 67.5 cm³/mol. The minimum absolute atomic E-state index is 0.539. The number of nitrogens with zero attached hydrogens (tertiary/aromatic N) is 1. The molecule has 2 aliphatic carbocycles. The van der Waals surface area contributed by atoms with Crippen molar-refractivity contribution in [3.63, 3.8) is 0 Å². The molecule has 2 aliphatic rings. The third-order valence-corrected chi connectivity index (χ3v) is 6.14. The van der Waals surface area contributed by atoms with Crippen LogP contribution in [0.5, 0.6) is 0 Å². The number of aromatic nitrogens is 1. The lowest BCUT2D eigenvalue weighted by Crippen LogP contribution is -2.32. The second-order valence-electron chi connectivity index (χ2n) is 5.23. The van der Waals surface area contributed by atoms with Crippen molar-refractivity contribution in [2.75, 3.05) is 5.33 Å². The summed E-state index contributed by atoms with van der Waals surface area (Å²) in [4.78, 5) is 4.45. The van der Waals surface area contributed by atoms with Gasteiger partial charge in [-0.15, -0.1) is 11.3 Å². The van der Waals surface area contributed by atoms with Crippen molar-refractivity contribution in [1.29, 1.82) is 0 Å². The first-order valence-corrected chi connectivity index (χ1v) is 7.82. The molecule has 0 aromatic carbocycles. The van der Waals surface area contributed by atoms with Crippen molar-refractivity contribution in [3.05, 3.63) is 16.6 Å². The van der Waals surface area contributed by atoms with E-state index in [1.54, 1.807) is 11.3 Å². The molecule has 0 saturated heterocycles. The molecule has 1 aromatic rings. The number of hydrogen-bond acceptors (Lipinski definition) is 2. The van der Waals surface area contributed by atoms with Crippen LogP contribution >= 0.6 is 27.3 Å². The first-order chi connectivity index (χ1) is 7.32. The Hall–Kier alpha value is 0.110. The van der Waals surface area contributed by atoms with Crippen LogP contribution in [0.3, 0.4) is 0 Å². The summed E-state index contributed by atoms with van der Waals surface area (Å²) < 4.78 is 0. The van der Waals surface area contributed by atoms with E-state index in [-0.39, 0.29) is 0 Å². The van der Waals surface area contributed by atoms with Gasteiger partial charge in [0, 0.05) is 10.7 Å². The number of rotatable bonds is 3. The molecule has 0 radical (unpaired) electrons. The lowest BCUT2D eigenvalue weighted by molar-refractivity contribution is 0.195. The maximum atomic E-state index is 4.45. The van der Waals surface area contributed by atoms with Gasteiger partial charge in [-0.3, -0.25) is 0 Å². The van der Waals surface area contributed by atoms with Crippen LogP contribution in [0.1, 0.15) is 31.4 Å². The lowest BCUT2D eigenvalue weighted by atomic mass is 9.72. The predicted octanol–water partition coefficient (Wildman–Crippen LogP) is 3.89. The molecule has 0 N–H and O–H groups in total. The van der Waals surface area contributed by atoms with Crippen LogP contribution in [0.4, 0.5) is 0 Å². The molecule has 0 amide bonds. The Balaban J connectivity index is 1.82. The fourth-order valence-electron chi connectivity index (χ4n) is 3.67. The fraction of sp³-hybridized carbons (Fsp3) is 0.750. The lowest BCUT2D eigenvalue weighted by Gasteiger charge is -2.35. The van der Waals surface area contributed by atoms with Crippen LogP contribution in [-0.4, -0.2) is 10.3 Å². The van der Waals surface area contributed by atoms with Crippen LogP contribution in [0, 0.1) is 17.3 Å².